The van der Waals surface area contributed by atoms with Crippen molar-refractivity contribution in [3.05, 3.63) is 29.4 Å². The van der Waals surface area contributed by atoms with Gasteiger partial charge in [-0.15, -0.1) is 11.3 Å². The van der Waals surface area contributed by atoms with E-state index < -0.39 is 0 Å². The van der Waals surface area contributed by atoms with Crippen LogP contribution in [0.4, 0.5) is 0 Å². The van der Waals surface area contributed by atoms with E-state index in [2.05, 4.69) is 46.4 Å². The van der Waals surface area contributed by atoms with E-state index in [1.807, 2.05) is 11.6 Å². The van der Waals surface area contributed by atoms with Gasteiger partial charge in [-0.2, -0.15) is 0 Å². The molecule has 2 rings (SSSR count). The van der Waals surface area contributed by atoms with Gasteiger partial charge < -0.3 is 15.1 Å². The summed E-state index contributed by atoms with van der Waals surface area (Å²) in [5.41, 5.74) is -0.0275. The monoisotopic (exact) mass is 367 g/mol. The van der Waals surface area contributed by atoms with E-state index in [-0.39, 0.29) is 5.41 Å². The lowest BCUT2D eigenvalue weighted by Crippen LogP contribution is -2.37. The molecule has 0 atom stereocenters. The molecule has 0 aliphatic heterocycles. The average Bonchev–Trinajstić information content (AvgIpc) is 3.20. The highest BCUT2D eigenvalue weighted by atomic mass is 32.2. The summed E-state index contributed by atoms with van der Waals surface area (Å²) < 4.78 is 6.88. The molecular formula is C16H25N5OS2. The summed E-state index contributed by atoms with van der Waals surface area (Å²) in [5.74, 6) is 3.35. The summed E-state index contributed by atoms with van der Waals surface area (Å²) in [6.07, 6.45) is 4.67. The van der Waals surface area contributed by atoms with Gasteiger partial charge in [0.15, 0.2) is 5.96 Å². The third kappa shape index (κ3) is 6.16. The third-order valence-corrected chi connectivity index (χ3v) is 5.22. The standard InChI is InChI=1S/C16H25N5OS2/c1-16(2,3)12-10-20-13(22-12)11-21-14(17-4)18-6-5-8-23-15-19-7-9-24-15/h7,9-10H,5-6,8,11H2,1-4H3,(H2,17,18,21). The maximum Gasteiger partial charge on any atom is 0.213 e. The molecule has 0 radical (unpaired) electrons. The van der Waals surface area contributed by atoms with Crippen LogP contribution in [0.25, 0.3) is 0 Å². The van der Waals surface area contributed by atoms with Crippen LogP contribution >= 0.6 is 23.1 Å². The molecule has 0 fully saturated rings. The summed E-state index contributed by atoms with van der Waals surface area (Å²) in [4.78, 5) is 12.8. The van der Waals surface area contributed by atoms with Crippen molar-refractivity contribution in [1.82, 2.24) is 20.6 Å². The van der Waals surface area contributed by atoms with Crippen LogP contribution in [-0.4, -0.2) is 35.3 Å². The Labute approximate surface area is 151 Å². The Morgan fingerprint density at radius 2 is 2.17 bits per heavy atom. The molecule has 0 spiro atoms. The van der Waals surface area contributed by atoms with E-state index >= 15 is 0 Å². The van der Waals surface area contributed by atoms with Crippen molar-refractivity contribution in [1.29, 1.82) is 0 Å². The van der Waals surface area contributed by atoms with E-state index in [1.165, 1.54) is 0 Å². The zero-order valence-electron chi connectivity index (χ0n) is 14.6. The van der Waals surface area contributed by atoms with Crippen LogP contribution in [0.3, 0.4) is 0 Å². The summed E-state index contributed by atoms with van der Waals surface area (Å²) in [6, 6.07) is 0. The fourth-order valence-corrected chi connectivity index (χ4v) is 3.49. The number of guanidine groups is 1. The van der Waals surface area contributed by atoms with Gasteiger partial charge in [0.1, 0.15) is 10.1 Å². The Balaban J connectivity index is 1.66. The highest BCUT2D eigenvalue weighted by Crippen LogP contribution is 2.22. The summed E-state index contributed by atoms with van der Waals surface area (Å²) >= 11 is 3.46. The van der Waals surface area contributed by atoms with Gasteiger partial charge in [0.2, 0.25) is 5.89 Å². The first-order chi connectivity index (χ1) is 11.5. The van der Waals surface area contributed by atoms with E-state index in [9.17, 15) is 0 Å². The van der Waals surface area contributed by atoms with Crippen LogP contribution in [0.2, 0.25) is 0 Å². The zero-order valence-corrected chi connectivity index (χ0v) is 16.3. The molecule has 132 valence electrons. The molecule has 2 aromatic heterocycles. The topological polar surface area (TPSA) is 75.3 Å². The minimum atomic E-state index is -0.0275. The Morgan fingerprint density at radius 3 is 2.79 bits per heavy atom. The second-order valence-electron chi connectivity index (χ2n) is 6.22. The van der Waals surface area contributed by atoms with Gasteiger partial charge in [-0.25, -0.2) is 9.97 Å². The molecule has 0 amide bonds. The molecule has 0 aliphatic rings. The summed E-state index contributed by atoms with van der Waals surface area (Å²) in [7, 11) is 1.76. The van der Waals surface area contributed by atoms with Gasteiger partial charge in [0.25, 0.3) is 0 Å². The maximum absolute atomic E-state index is 5.76. The summed E-state index contributed by atoms with van der Waals surface area (Å²) in [6.45, 7) is 7.69. The van der Waals surface area contributed by atoms with Crippen LogP contribution in [0, 0.1) is 0 Å². The molecule has 2 heterocycles. The fourth-order valence-electron chi connectivity index (χ4n) is 1.84. The number of rotatable bonds is 7. The number of nitrogens with zero attached hydrogens (tertiary/aromatic N) is 3. The molecule has 6 nitrogen and oxygen atoms in total. The SMILES string of the molecule is CN=C(NCCCSc1nccs1)NCc1ncc(C(C)(C)C)o1. The van der Waals surface area contributed by atoms with Crippen molar-refractivity contribution >= 4 is 29.1 Å². The first-order valence-electron chi connectivity index (χ1n) is 7.91. The van der Waals surface area contributed by atoms with Crippen LogP contribution < -0.4 is 10.6 Å². The van der Waals surface area contributed by atoms with Gasteiger partial charge in [-0.05, 0) is 6.42 Å². The fraction of sp³-hybridized carbons (Fsp3) is 0.562. The van der Waals surface area contributed by atoms with Crippen molar-refractivity contribution in [2.75, 3.05) is 19.3 Å². The number of hydrogen-bond donors (Lipinski definition) is 2. The van der Waals surface area contributed by atoms with Gasteiger partial charge in [-0.1, -0.05) is 32.5 Å². The van der Waals surface area contributed by atoms with Crippen molar-refractivity contribution in [2.45, 2.75) is 43.5 Å². The predicted octanol–water partition coefficient (Wildman–Crippen LogP) is 3.28. The van der Waals surface area contributed by atoms with Gasteiger partial charge in [0.05, 0.1) is 12.7 Å². The zero-order chi connectivity index (χ0) is 17.4. The summed E-state index contributed by atoms with van der Waals surface area (Å²) in [5, 5.41) is 8.52. The second kappa shape index (κ2) is 9.08. The molecule has 0 bridgehead atoms. The highest BCUT2D eigenvalue weighted by Gasteiger charge is 2.19. The first kappa shape index (κ1) is 18.8. The number of thioether (sulfide) groups is 1. The molecule has 0 aromatic carbocycles. The smallest absolute Gasteiger partial charge is 0.213 e. The highest BCUT2D eigenvalue weighted by molar-refractivity contribution is 8.00. The molecule has 8 heteroatoms. The number of nitrogens with one attached hydrogen (secondary N) is 2. The van der Waals surface area contributed by atoms with E-state index in [4.69, 9.17) is 4.42 Å². The molecule has 0 saturated carbocycles. The van der Waals surface area contributed by atoms with Gasteiger partial charge in [0, 0.05) is 36.3 Å². The van der Waals surface area contributed by atoms with Crippen LogP contribution in [0.15, 0.2) is 31.5 Å². The minimum absolute atomic E-state index is 0.0275. The molecule has 0 unspecified atom stereocenters. The molecule has 2 N–H and O–H groups in total. The number of oxazole rings is 1. The Morgan fingerprint density at radius 1 is 1.33 bits per heavy atom. The Kier molecular flexibility index (Phi) is 7.11. The molecule has 24 heavy (non-hydrogen) atoms. The molecular weight excluding hydrogens is 342 g/mol. The van der Waals surface area contributed by atoms with Crippen LogP contribution in [0.1, 0.15) is 38.8 Å². The van der Waals surface area contributed by atoms with E-state index in [0.29, 0.717) is 12.4 Å². The Hall–Kier alpha value is -1.54. The first-order valence-corrected chi connectivity index (χ1v) is 9.77. The normalized spacial score (nSPS) is 12.4. The third-order valence-electron chi connectivity index (χ3n) is 3.17. The lowest BCUT2D eigenvalue weighted by Gasteiger charge is -2.13. The number of hydrogen-bond acceptors (Lipinski definition) is 6. The van der Waals surface area contributed by atoms with Crippen LogP contribution in [-0.2, 0) is 12.0 Å². The van der Waals surface area contributed by atoms with Crippen molar-refractivity contribution < 1.29 is 4.42 Å². The van der Waals surface area contributed by atoms with Crippen molar-refractivity contribution in [3.63, 3.8) is 0 Å². The van der Waals surface area contributed by atoms with Crippen molar-refractivity contribution in [3.8, 4) is 0 Å². The molecule has 0 saturated heterocycles. The lowest BCUT2D eigenvalue weighted by atomic mass is 9.94. The number of aromatic nitrogens is 2. The van der Waals surface area contributed by atoms with Gasteiger partial charge >= 0.3 is 0 Å². The average molecular weight is 368 g/mol. The van der Waals surface area contributed by atoms with E-state index in [0.717, 1.165) is 34.8 Å². The quantitative estimate of drug-likeness (QED) is 0.339. The number of aliphatic imine (C=N–C) groups is 1. The molecule has 2 aromatic rings. The van der Waals surface area contributed by atoms with Crippen LogP contribution in [0.5, 0.6) is 0 Å². The van der Waals surface area contributed by atoms with Gasteiger partial charge in [-0.3, -0.25) is 4.99 Å². The molecule has 0 aliphatic carbocycles. The second-order valence-corrected chi connectivity index (χ2v) is 8.46. The minimum Gasteiger partial charge on any atom is -0.443 e. The maximum atomic E-state index is 5.76. The Bertz CT molecular complexity index is 631. The van der Waals surface area contributed by atoms with Crippen molar-refractivity contribution in [2.24, 2.45) is 4.99 Å². The lowest BCUT2D eigenvalue weighted by molar-refractivity contribution is 0.379. The largest absolute Gasteiger partial charge is 0.443 e. The number of thiazole rings is 1. The predicted molar refractivity (Wildman–Crippen MR) is 101 cm³/mol. The van der Waals surface area contributed by atoms with E-state index in [1.54, 1.807) is 36.3 Å².